The summed E-state index contributed by atoms with van der Waals surface area (Å²) in [6.45, 7) is 1.56. The molecule has 4 aromatic rings. The zero-order valence-corrected chi connectivity index (χ0v) is 26.3. The van der Waals surface area contributed by atoms with Crippen molar-refractivity contribution >= 4 is 23.2 Å². The summed E-state index contributed by atoms with van der Waals surface area (Å²) in [4.78, 5) is 25.1. The number of benzene rings is 4. The van der Waals surface area contributed by atoms with E-state index in [0.717, 1.165) is 50.0 Å². The Hall–Kier alpha value is -4.98. The Morgan fingerprint density at radius 3 is 1.20 bits per heavy atom. The second-order valence-electron chi connectivity index (χ2n) is 10.7. The fourth-order valence-electron chi connectivity index (χ4n) is 4.75. The van der Waals surface area contributed by atoms with Crippen molar-refractivity contribution in [3.8, 4) is 23.0 Å². The van der Waals surface area contributed by atoms with Gasteiger partial charge in [0.05, 0.1) is 11.4 Å². The van der Waals surface area contributed by atoms with Crippen LogP contribution in [0.5, 0.6) is 23.0 Å². The molecule has 0 bridgehead atoms. The number of carbonyl (C=O) groups excluding carboxylic acids is 2. The van der Waals surface area contributed by atoms with Crippen molar-refractivity contribution in [1.82, 2.24) is 0 Å². The molecule has 0 aliphatic carbocycles. The number of anilines is 2. The molecule has 0 aliphatic rings. The summed E-state index contributed by atoms with van der Waals surface area (Å²) in [7, 11) is 0. The highest BCUT2D eigenvalue weighted by molar-refractivity contribution is 5.92. The zero-order chi connectivity index (χ0) is 32.1. The molecule has 0 radical (unpaired) electrons. The smallest absolute Gasteiger partial charge is 0.224 e. The maximum absolute atomic E-state index is 12.5. The molecule has 4 aromatic carbocycles. The molecular weight excluding hydrogens is 580 g/mol. The van der Waals surface area contributed by atoms with Crippen LogP contribution >= 0.6 is 0 Å². The number of carbonyl (C=O) groups is 2. The lowest BCUT2D eigenvalue weighted by atomic mass is 10.1. The van der Waals surface area contributed by atoms with Crippen molar-refractivity contribution in [2.75, 3.05) is 37.1 Å². The Balaban J connectivity index is 1.03. The van der Waals surface area contributed by atoms with Crippen LogP contribution in [-0.2, 0) is 9.59 Å². The van der Waals surface area contributed by atoms with Crippen molar-refractivity contribution in [3.63, 3.8) is 0 Å². The van der Waals surface area contributed by atoms with Crippen LogP contribution in [0.4, 0.5) is 11.4 Å². The average Bonchev–Trinajstić information content (AvgIpc) is 3.08. The molecule has 0 fully saturated rings. The van der Waals surface area contributed by atoms with E-state index in [9.17, 15) is 9.59 Å². The van der Waals surface area contributed by atoms with E-state index in [1.165, 1.54) is 0 Å². The summed E-state index contributed by atoms with van der Waals surface area (Å²) in [5.74, 6) is 2.79. The summed E-state index contributed by atoms with van der Waals surface area (Å²) in [6.07, 6.45) is 6.51. The first-order valence-corrected chi connectivity index (χ1v) is 16.1. The van der Waals surface area contributed by atoms with Gasteiger partial charge in [0.15, 0.2) is 0 Å². The Bertz CT molecular complexity index is 1340. The van der Waals surface area contributed by atoms with Crippen molar-refractivity contribution in [2.24, 2.45) is 0 Å². The van der Waals surface area contributed by atoms with Gasteiger partial charge in [-0.3, -0.25) is 9.59 Å². The highest BCUT2D eigenvalue weighted by Gasteiger charge is 2.09. The number of hydrogen-bond acceptors (Lipinski definition) is 6. The average molecular weight is 625 g/mol. The van der Waals surface area contributed by atoms with Gasteiger partial charge in [-0.05, 0) is 61.4 Å². The molecule has 8 nitrogen and oxygen atoms in total. The van der Waals surface area contributed by atoms with Gasteiger partial charge in [-0.25, -0.2) is 0 Å². The van der Waals surface area contributed by atoms with E-state index >= 15 is 0 Å². The molecule has 46 heavy (non-hydrogen) atoms. The third-order valence-electron chi connectivity index (χ3n) is 7.09. The van der Waals surface area contributed by atoms with Crippen molar-refractivity contribution in [2.45, 2.75) is 51.4 Å². The number of ether oxygens (including phenoxy) is 4. The summed E-state index contributed by atoms with van der Waals surface area (Å²) < 4.78 is 23.1. The van der Waals surface area contributed by atoms with Crippen LogP contribution in [0.1, 0.15) is 51.4 Å². The molecule has 2 N–H and O–H groups in total. The largest absolute Gasteiger partial charge is 0.490 e. The standard InChI is InChI=1S/C38H44N2O6/c41-37(39-33-21-13-15-23-35(33)45-29-27-43-31-17-7-5-8-18-31)25-11-3-1-2-4-12-26-38(42)40-34-22-14-16-24-36(34)46-30-28-44-32-19-9-6-10-20-32/h5-10,13-24H,1-4,11-12,25-30H2,(H,39,41)(H,40,42). The number of unbranched alkanes of at least 4 members (excludes halogenated alkanes) is 5. The monoisotopic (exact) mass is 624 g/mol. The Labute approximate surface area is 272 Å². The van der Waals surface area contributed by atoms with Gasteiger partial charge in [-0.1, -0.05) is 86.3 Å². The normalized spacial score (nSPS) is 10.5. The highest BCUT2D eigenvalue weighted by Crippen LogP contribution is 2.25. The quantitative estimate of drug-likeness (QED) is 0.0906. The molecule has 0 saturated heterocycles. The molecule has 2 amide bonds. The van der Waals surface area contributed by atoms with Crippen LogP contribution in [0.2, 0.25) is 0 Å². The number of rotatable bonds is 21. The minimum Gasteiger partial charge on any atom is -0.490 e. The number of para-hydroxylation sites is 6. The van der Waals surface area contributed by atoms with Crippen LogP contribution in [0.15, 0.2) is 109 Å². The Morgan fingerprint density at radius 2 is 0.761 bits per heavy atom. The van der Waals surface area contributed by atoms with Gasteiger partial charge in [0.1, 0.15) is 49.4 Å². The third-order valence-corrected chi connectivity index (χ3v) is 7.09. The van der Waals surface area contributed by atoms with Crippen LogP contribution in [0.25, 0.3) is 0 Å². The Morgan fingerprint density at radius 1 is 0.413 bits per heavy atom. The molecule has 0 unspecified atom stereocenters. The van der Waals surface area contributed by atoms with E-state index in [-0.39, 0.29) is 11.8 Å². The molecule has 0 atom stereocenters. The molecule has 0 aromatic heterocycles. The van der Waals surface area contributed by atoms with Gasteiger partial charge >= 0.3 is 0 Å². The predicted octanol–water partition coefficient (Wildman–Crippen LogP) is 8.30. The first-order valence-electron chi connectivity index (χ1n) is 16.1. The maximum atomic E-state index is 12.5. The minimum absolute atomic E-state index is 0.0266. The van der Waals surface area contributed by atoms with E-state index in [1.807, 2.05) is 109 Å². The second kappa shape index (κ2) is 20.1. The summed E-state index contributed by atoms with van der Waals surface area (Å²) in [5, 5.41) is 5.95. The van der Waals surface area contributed by atoms with E-state index in [4.69, 9.17) is 18.9 Å². The first kappa shape index (κ1) is 33.9. The van der Waals surface area contributed by atoms with Gasteiger partial charge in [0.2, 0.25) is 11.8 Å². The zero-order valence-electron chi connectivity index (χ0n) is 26.3. The lowest BCUT2D eigenvalue weighted by Gasteiger charge is -2.13. The van der Waals surface area contributed by atoms with E-state index in [0.29, 0.717) is 62.1 Å². The van der Waals surface area contributed by atoms with Gasteiger partial charge in [-0.15, -0.1) is 0 Å². The third kappa shape index (κ3) is 12.9. The molecule has 4 rings (SSSR count). The Kier molecular flexibility index (Phi) is 14.8. The van der Waals surface area contributed by atoms with Gasteiger partial charge in [-0.2, -0.15) is 0 Å². The maximum Gasteiger partial charge on any atom is 0.224 e. The second-order valence-corrected chi connectivity index (χ2v) is 10.7. The molecule has 0 saturated carbocycles. The molecule has 0 aliphatic heterocycles. The molecular formula is C38H44N2O6. The summed E-state index contributed by atoms with van der Waals surface area (Å²) >= 11 is 0. The first-order chi connectivity index (χ1) is 22.7. The topological polar surface area (TPSA) is 95.1 Å². The minimum atomic E-state index is -0.0266. The van der Waals surface area contributed by atoms with E-state index in [2.05, 4.69) is 10.6 Å². The predicted molar refractivity (Wildman–Crippen MR) is 182 cm³/mol. The van der Waals surface area contributed by atoms with E-state index in [1.54, 1.807) is 0 Å². The van der Waals surface area contributed by atoms with E-state index < -0.39 is 0 Å². The molecule has 0 spiro atoms. The molecule has 0 heterocycles. The fourth-order valence-corrected chi connectivity index (χ4v) is 4.75. The summed E-state index contributed by atoms with van der Waals surface area (Å²) in [5.41, 5.74) is 1.33. The van der Waals surface area contributed by atoms with Crippen LogP contribution in [0, 0.1) is 0 Å². The van der Waals surface area contributed by atoms with Gasteiger partial charge < -0.3 is 29.6 Å². The van der Waals surface area contributed by atoms with Crippen LogP contribution in [-0.4, -0.2) is 38.2 Å². The van der Waals surface area contributed by atoms with Crippen LogP contribution in [0.3, 0.4) is 0 Å². The van der Waals surface area contributed by atoms with Crippen molar-refractivity contribution < 1.29 is 28.5 Å². The SMILES string of the molecule is O=C(CCCCCCCCC(=O)Nc1ccccc1OCCOc1ccccc1)Nc1ccccc1OCCOc1ccccc1. The lowest BCUT2D eigenvalue weighted by molar-refractivity contribution is -0.117. The number of amides is 2. The number of nitrogens with one attached hydrogen (secondary N) is 2. The van der Waals surface area contributed by atoms with Crippen molar-refractivity contribution in [3.05, 3.63) is 109 Å². The molecule has 242 valence electrons. The van der Waals surface area contributed by atoms with Crippen LogP contribution < -0.4 is 29.6 Å². The fraction of sp³-hybridized carbons (Fsp3) is 0.316. The highest BCUT2D eigenvalue weighted by atomic mass is 16.5. The summed E-state index contributed by atoms with van der Waals surface area (Å²) in [6, 6.07) is 34.1. The van der Waals surface area contributed by atoms with Crippen molar-refractivity contribution in [1.29, 1.82) is 0 Å². The van der Waals surface area contributed by atoms with Gasteiger partial charge in [0.25, 0.3) is 0 Å². The molecule has 8 heteroatoms. The lowest BCUT2D eigenvalue weighted by Crippen LogP contribution is -2.14. The van der Waals surface area contributed by atoms with Gasteiger partial charge in [0, 0.05) is 12.8 Å². The number of hydrogen-bond donors (Lipinski definition) is 2.